The van der Waals surface area contributed by atoms with Gasteiger partial charge in [0.2, 0.25) is 0 Å². The molecular weight excluding hydrogens is 328 g/mol. The molecule has 0 spiro atoms. The maximum absolute atomic E-state index is 12.5. The molecule has 6 unspecified atom stereocenters. The molecule has 2 aliphatic carbocycles. The van der Waals surface area contributed by atoms with Crippen molar-refractivity contribution in [2.24, 2.45) is 27.7 Å². The number of hydrogen-bond acceptors (Lipinski definition) is 5. The van der Waals surface area contributed by atoms with Crippen LogP contribution in [-0.2, 0) is 9.53 Å². The number of halogens is 1. The van der Waals surface area contributed by atoms with Crippen LogP contribution in [0, 0.1) is 17.8 Å². The topological polar surface area (TPSA) is 71.2 Å². The number of rotatable bonds is 1. The van der Waals surface area contributed by atoms with Crippen molar-refractivity contribution in [3.63, 3.8) is 0 Å². The van der Waals surface area contributed by atoms with E-state index >= 15 is 0 Å². The smallest absolute Gasteiger partial charge is 0.334 e. The first-order valence-electron chi connectivity index (χ1n) is 8.66. The number of carbonyl (C=O) groups is 1. The van der Waals surface area contributed by atoms with Crippen molar-refractivity contribution >= 4 is 29.5 Å². The molecule has 0 radical (unpaired) electrons. The van der Waals surface area contributed by atoms with E-state index in [2.05, 4.69) is 9.98 Å². The van der Waals surface area contributed by atoms with Crippen LogP contribution in [0.4, 0.5) is 0 Å². The predicted octanol–water partition coefficient (Wildman–Crippen LogP) is 2.50. The van der Waals surface area contributed by atoms with Crippen LogP contribution in [0.3, 0.4) is 0 Å². The Hall–Kier alpha value is -1.20. The van der Waals surface area contributed by atoms with Crippen LogP contribution in [0.2, 0.25) is 0 Å². The third kappa shape index (κ3) is 2.82. The van der Waals surface area contributed by atoms with E-state index in [1.807, 2.05) is 27.0 Å². The number of nitrogens with zero attached hydrogens (tertiary/aromatic N) is 2. The Labute approximate surface area is 146 Å². The summed E-state index contributed by atoms with van der Waals surface area (Å²) in [6.45, 7) is 5.43. The van der Waals surface area contributed by atoms with E-state index in [0.29, 0.717) is 16.5 Å². The summed E-state index contributed by atoms with van der Waals surface area (Å²) in [6, 6.07) is -0.700. The highest BCUT2D eigenvalue weighted by molar-refractivity contribution is 6.33. The minimum absolute atomic E-state index is 0.169. The van der Waals surface area contributed by atoms with E-state index in [1.54, 1.807) is 0 Å². The van der Waals surface area contributed by atoms with Crippen LogP contribution in [0.5, 0.6) is 0 Å². The zero-order valence-electron chi connectivity index (χ0n) is 14.2. The van der Waals surface area contributed by atoms with E-state index in [-0.39, 0.29) is 17.9 Å². The maximum atomic E-state index is 12.5. The van der Waals surface area contributed by atoms with E-state index < -0.39 is 23.7 Å². The fraction of sp³-hybridized carbons (Fsp3) is 0.722. The van der Waals surface area contributed by atoms with Crippen molar-refractivity contribution in [2.75, 3.05) is 0 Å². The average molecular weight is 351 g/mol. The van der Waals surface area contributed by atoms with Crippen molar-refractivity contribution in [3.05, 3.63) is 10.6 Å². The SMILES string of the molecule is CC(C)(C)OC(=O)C1N=C2C(=C(Cl)C3CC3CC=NC3CC23)C1O. The van der Waals surface area contributed by atoms with Gasteiger partial charge in [-0.1, -0.05) is 11.6 Å². The van der Waals surface area contributed by atoms with Crippen LogP contribution in [0.1, 0.15) is 40.0 Å². The molecule has 0 aromatic carbocycles. The van der Waals surface area contributed by atoms with E-state index in [9.17, 15) is 9.90 Å². The minimum Gasteiger partial charge on any atom is -0.458 e. The Kier molecular flexibility index (Phi) is 3.66. The number of esters is 1. The fourth-order valence-electron chi connectivity index (χ4n) is 3.69. The molecule has 0 saturated heterocycles. The number of carbonyl (C=O) groups excluding carboxylic acids is 1. The lowest BCUT2D eigenvalue weighted by atomic mass is 9.97. The molecule has 2 heterocycles. The molecule has 2 fully saturated rings. The standard InChI is InChI=1S/C18H23ClN2O3/c1-18(2,3)24-17(23)15-16(22)12-13(19)9-6-8(9)4-5-20-11-7-10(11)14(12)21-15/h5,8-11,15-16,22H,4,6-7H2,1-3H3. The number of hydrogen-bond donors (Lipinski definition) is 1. The first-order chi connectivity index (χ1) is 11.3. The third-order valence-electron chi connectivity index (χ3n) is 5.12. The Balaban J connectivity index is 1.68. The Morgan fingerprint density at radius 2 is 2.08 bits per heavy atom. The van der Waals surface area contributed by atoms with Gasteiger partial charge >= 0.3 is 5.97 Å². The highest BCUT2D eigenvalue weighted by Gasteiger charge is 2.52. The first-order valence-corrected chi connectivity index (χ1v) is 9.04. The van der Waals surface area contributed by atoms with Crippen LogP contribution in [-0.4, -0.2) is 46.8 Å². The number of fused-ring (bicyclic) bond motifs is 4. The Morgan fingerprint density at radius 1 is 1.33 bits per heavy atom. The number of aliphatic hydroxyl groups is 1. The Morgan fingerprint density at radius 3 is 2.79 bits per heavy atom. The molecule has 0 aromatic rings. The maximum Gasteiger partial charge on any atom is 0.334 e. The van der Waals surface area contributed by atoms with E-state index in [4.69, 9.17) is 16.3 Å². The molecule has 24 heavy (non-hydrogen) atoms. The molecule has 1 N–H and O–H groups in total. The molecule has 0 bridgehead atoms. The summed E-state index contributed by atoms with van der Waals surface area (Å²) in [5.41, 5.74) is 0.835. The second-order valence-electron chi connectivity index (χ2n) is 8.28. The van der Waals surface area contributed by atoms with Gasteiger partial charge in [0.15, 0.2) is 6.04 Å². The lowest BCUT2D eigenvalue weighted by molar-refractivity contribution is -0.158. The Bertz CT molecular complexity index is 676. The molecule has 2 saturated carbocycles. The molecule has 2 aliphatic heterocycles. The number of allylic oxidation sites excluding steroid dienone is 1. The second-order valence-corrected chi connectivity index (χ2v) is 8.69. The van der Waals surface area contributed by atoms with Crippen LogP contribution in [0.15, 0.2) is 20.6 Å². The van der Waals surface area contributed by atoms with Crippen molar-refractivity contribution < 1.29 is 14.6 Å². The summed E-state index contributed by atoms with van der Waals surface area (Å²) in [7, 11) is 0. The van der Waals surface area contributed by atoms with Crippen molar-refractivity contribution in [1.29, 1.82) is 0 Å². The van der Waals surface area contributed by atoms with Gasteiger partial charge in [0.05, 0.1) is 6.04 Å². The highest BCUT2D eigenvalue weighted by Crippen LogP contribution is 2.52. The normalized spacial score (nSPS) is 40.3. The summed E-state index contributed by atoms with van der Waals surface area (Å²) >= 11 is 6.64. The van der Waals surface area contributed by atoms with Gasteiger partial charge in [0, 0.05) is 22.2 Å². The molecule has 4 aliphatic rings. The van der Waals surface area contributed by atoms with Crippen molar-refractivity contribution in [1.82, 2.24) is 0 Å². The summed E-state index contributed by atoms with van der Waals surface area (Å²) < 4.78 is 5.43. The van der Waals surface area contributed by atoms with E-state index in [0.717, 1.165) is 25.0 Å². The van der Waals surface area contributed by atoms with Gasteiger partial charge in [0.1, 0.15) is 11.7 Å². The van der Waals surface area contributed by atoms with Gasteiger partial charge in [-0.15, -0.1) is 0 Å². The fourth-order valence-corrected chi connectivity index (χ4v) is 4.17. The lowest BCUT2D eigenvalue weighted by Crippen LogP contribution is -2.36. The van der Waals surface area contributed by atoms with Gasteiger partial charge in [0.25, 0.3) is 0 Å². The molecule has 6 heteroatoms. The minimum atomic E-state index is -1.01. The quantitative estimate of drug-likeness (QED) is 0.738. The summed E-state index contributed by atoms with van der Waals surface area (Å²) in [5, 5.41) is 11.5. The molecule has 4 rings (SSSR count). The molecule has 0 amide bonds. The number of aliphatic imine (C=N–C) groups is 2. The number of aliphatic hydroxyl groups excluding tert-OH is 1. The monoisotopic (exact) mass is 350 g/mol. The average Bonchev–Trinajstić information content (AvgIpc) is 3.35. The van der Waals surface area contributed by atoms with Gasteiger partial charge < -0.3 is 9.84 Å². The molecular formula is C18H23ClN2O3. The van der Waals surface area contributed by atoms with Gasteiger partial charge in [-0.3, -0.25) is 9.98 Å². The predicted molar refractivity (Wildman–Crippen MR) is 92.6 cm³/mol. The van der Waals surface area contributed by atoms with Crippen molar-refractivity contribution in [2.45, 2.75) is 63.8 Å². The largest absolute Gasteiger partial charge is 0.458 e. The summed E-state index contributed by atoms with van der Waals surface area (Å²) in [6.07, 6.45) is 3.87. The van der Waals surface area contributed by atoms with Crippen LogP contribution in [0.25, 0.3) is 0 Å². The lowest BCUT2D eigenvalue weighted by Gasteiger charge is -2.22. The first kappa shape index (κ1) is 16.3. The molecule has 0 aromatic heterocycles. The molecule has 5 nitrogen and oxygen atoms in total. The van der Waals surface area contributed by atoms with E-state index in [1.165, 1.54) is 0 Å². The van der Waals surface area contributed by atoms with Crippen molar-refractivity contribution in [3.8, 4) is 0 Å². The molecule has 6 atom stereocenters. The van der Waals surface area contributed by atoms with Gasteiger partial charge in [-0.25, -0.2) is 4.79 Å². The van der Waals surface area contributed by atoms with Crippen LogP contribution < -0.4 is 0 Å². The number of ether oxygens (including phenoxy) is 1. The van der Waals surface area contributed by atoms with Gasteiger partial charge in [-0.2, -0.15) is 0 Å². The zero-order valence-corrected chi connectivity index (χ0v) is 15.0. The zero-order chi connectivity index (χ0) is 17.2. The summed E-state index contributed by atoms with van der Waals surface area (Å²) in [4.78, 5) is 21.6. The second kappa shape index (κ2) is 5.40. The molecule has 130 valence electrons. The summed E-state index contributed by atoms with van der Waals surface area (Å²) in [5.74, 6) is 0.441. The highest BCUT2D eigenvalue weighted by atomic mass is 35.5. The van der Waals surface area contributed by atoms with Gasteiger partial charge in [-0.05, 0) is 58.1 Å². The third-order valence-corrected chi connectivity index (χ3v) is 5.60. The van der Waals surface area contributed by atoms with Crippen LogP contribution >= 0.6 is 11.6 Å².